The maximum absolute atomic E-state index is 11.3. The van der Waals surface area contributed by atoms with Gasteiger partial charge in [0, 0.05) is 5.57 Å². The SMILES string of the molecule is CCCC/C=C(/C)C(=O)OCCCC. The van der Waals surface area contributed by atoms with Crippen LogP contribution in [-0.4, -0.2) is 12.6 Å². The summed E-state index contributed by atoms with van der Waals surface area (Å²) in [6.07, 6.45) is 7.26. The molecule has 0 heterocycles. The molecule has 14 heavy (non-hydrogen) atoms. The van der Waals surface area contributed by atoms with Crippen LogP contribution in [0.5, 0.6) is 0 Å². The van der Waals surface area contributed by atoms with E-state index in [4.69, 9.17) is 4.74 Å². The molecule has 2 nitrogen and oxygen atoms in total. The first-order chi connectivity index (χ1) is 6.72. The Morgan fingerprint density at radius 3 is 2.43 bits per heavy atom. The zero-order valence-electron chi connectivity index (χ0n) is 9.64. The average molecular weight is 198 g/mol. The number of carbonyl (C=O) groups is 1. The molecule has 82 valence electrons. The summed E-state index contributed by atoms with van der Waals surface area (Å²) in [6.45, 7) is 6.60. The lowest BCUT2D eigenvalue weighted by atomic mass is 10.2. The quantitative estimate of drug-likeness (QED) is 0.356. The molecule has 0 N–H and O–H groups in total. The Morgan fingerprint density at radius 1 is 1.21 bits per heavy atom. The molecule has 0 aromatic carbocycles. The number of allylic oxidation sites excluding steroid dienone is 1. The monoisotopic (exact) mass is 198 g/mol. The van der Waals surface area contributed by atoms with Crippen LogP contribution in [0.25, 0.3) is 0 Å². The minimum atomic E-state index is -0.158. The van der Waals surface area contributed by atoms with Crippen molar-refractivity contribution in [3.8, 4) is 0 Å². The lowest BCUT2D eigenvalue weighted by Crippen LogP contribution is -2.06. The highest BCUT2D eigenvalue weighted by atomic mass is 16.5. The van der Waals surface area contributed by atoms with Crippen LogP contribution in [0.15, 0.2) is 11.6 Å². The summed E-state index contributed by atoms with van der Waals surface area (Å²) in [5.41, 5.74) is 0.745. The molecule has 0 bridgehead atoms. The van der Waals surface area contributed by atoms with Crippen LogP contribution in [0.1, 0.15) is 52.9 Å². The molecule has 0 fully saturated rings. The van der Waals surface area contributed by atoms with E-state index < -0.39 is 0 Å². The Hall–Kier alpha value is -0.790. The van der Waals surface area contributed by atoms with Crippen molar-refractivity contribution < 1.29 is 9.53 Å². The predicted molar refractivity (Wildman–Crippen MR) is 59.1 cm³/mol. The highest BCUT2D eigenvalue weighted by Crippen LogP contribution is 2.03. The van der Waals surface area contributed by atoms with Gasteiger partial charge in [-0.1, -0.05) is 39.2 Å². The van der Waals surface area contributed by atoms with Gasteiger partial charge in [-0.3, -0.25) is 0 Å². The molecule has 0 aliphatic carbocycles. The smallest absolute Gasteiger partial charge is 0.333 e. The summed E-state index contributed by atoms with van der Waals surface area (Å²) in [4.78, 5) is 11.3. The largest absolute Gasteiger partial charge is 0.462 e. The molecule has 0 aliphatic heterocycles. The van der Waals surface area contributed by atoms with Crippen molar-refractivity contribution in [1.82, 2.24) is 0 Å². The van der Waals surface area contributed by atoms with E-state index in [1.54, 1.807) is 0 Å². The number of hydrogen-bond donors (Lipinski definition) is 0. The van der Waals surface area contributed by atoms with Gasteiger partial charge in [0.1, 0.15) is 0 Å². The standard InChI is InChI=1S/C12H22O2/c1-4-6-8-9-11(3)12(13)14-10-7-5-2/h9H,4-8,10H2,1-3H3/b11-9-. The highest BCUT2D eigenvalue weighted by Gasteiger charge is 2.03. The van der Waals surface area contributed by atoms with Crippen molar-refractivity contribution in [1.29, 1.82) is 0 Å². The maximum atomic E-state index is 11.3. The van der Waals surface area contributed by atoms with Gasteiger partial charge in [-0.05, 0) is 19.8 Å². The van der Waals surface area contributed by atoms with Crippen molar-refractivity contribution in [2.75, 3.05) is 6.61 Å². The van der Waals surface area contributed by atoms with Crippen molar-refractivity contribution in [3.05, 3.63) is 11.6 Å². The third-order valence-electron chi connectivity index (χ3n) is 2.06. The molecule has 0 aliphatic rings. The fourth-order valence-electron chi connectivity index (χ4n) is 1.03. The van der Waals surface area contributed by atoms with E-state index in [0.29, 0.717) is 6.61 Å². The van der Waals surface area contributed by atoms with E-state index >= 15 is 0 Å². The third kappa shape index (κ3) is 6.70. The Morgan fingerprint density at radius 2 is 1.86 bits per heavy atom. The van der Waals surface area contributed by atoms with Gasteiger partial charge in [-0.25, -0.2) is 4.79 Å². The summed E-state index contributed by atoms with van der Waals surface area (Å²) in [6, 6.07) is 0. The minimum absolute atomic E-state index is 0.158. The Kier molecular flexibility index (Phi) is 8.30. The highest BCUT2D eigenvalue weighted by molar-refractivity contribution is 5.87. The summed E-state index contributed by atoms with van der Waals surface area (Å²) >= 11 is 0. The molecule has 2 heteroatoms. The van der Waals surface area contributed by atoms with Gasteiger partial charge >= 0.3 is 5.97 Å². The fraction of sp³-hybridized carbons (Fsp3) is 0.750. The van der Waals surface area contributed by atoms with Crippen LogP contribution in [-0.2, 0) is 9.53 Å². The minimum Gasteiger partial charge on any atom is -0.462 e. The Bertz CT molecular complexity index is 183. The first-order valence-corrected chi connectivity index (χ1v) is 5.56. The molecule has 0 spiro atoms. The number of hydrogen-bond acceptors (Lipinski definition) is 2. The van der Waals surface area contributed by atoms with E-state index in [0.717, 1.165) is 37.7 Å². The second-order valence-corrected chi connectivity index (χ2v) is 3.52. The zero-order valence-corrected chi connectivity index (χ0v) is 9.64. The number of rotatable bonds is 7. The first-order valence-electron chi connectivity index (χ1n) is 5.56. The van der Waals surface area contributed by atoms with Gasteiger partial charge in [0.25, 0.3) is 0 Å². The normalized spacial score (nSPS) is 11.5. The van der Waals surface area contributed by atoms with Crippen LogP contribution >= 0.6 is 0 Å². The molecule has 0 saturated heterocycles. The summed E-state index contributed by atoms with van der Waals surface area (Å²) in [7, 11) is 0. The van der Waals surface area contributed by atoms with Crippen LogP contribution in [0.4, 0.5) is 0 Å². The van der Waals surface area contributed by atoms with Gasteiger partial charge in [0.2, 0.25) is 0 Å². The van der Waals surface area contributed by atoms with E-state index in [-0.39, 0.29) is 5.97 Å². The first kappa shape index (κ1) is 13.2. The molecule has 0 aromatic rings. The molecule has 0 saturated carbocycles. The van der Waals surface area contributed by atoms with Gasteiger partial charge in [0.15, 0.2) is 0 Å². The van der Waals surface area contributed by atoms with E-state index in [2.05, 4.69) is 13.8 Å². The fourth-order valence-corrected chi connectivity index (χ4v) is 1.03. The van der Waals surface area contributed by atoms with Gasteiger partial charge in [-0.2, -0.15) is 0 Å². The summed E-state index contributed by atoms with van der Waals surface area (Å²) < 4.78 is 5.07. The number of ether oxygens (including phenoxy) is 1. The van der Waals surface area contributed by atoms with Crippen LogP contribution < -0.4 is 0 Å². The second-order valence-electron chi connectivity index (χ2n) is 3.52. The van der Waals surface area contributed by atoms with Gasteiger partial charge in [0.05, 0.1) is 6.61 Å². The molecule has 0 amide bonds. The van der Waals surface area contributed by atoms with Crippen molar-refractivity contribution in [2.24, 2.45) is 0 Å². The second kappa shape index (κ2) is 8.79. The molecular formula is C12H22O2. The summed E-state index contributed by atoms with van der Waals surface area (Å²) in [5.74, 6) is -0.158. The molecule has 0 unspecified atom stereocenters. The van der Waals surface area contributed by atoms with Crippen molar-refractivity contribution in [3.63, 3.8) is 0 Å². The van der Waals surface area contributed by atoms with E-state index in [1.807, 2.05) is 13.0 Å². The number of carbonyl (C=O) groups excluding carboxylic acids is 1. The van der Waals surface area contributed by atoms with Crippen molar-refractivity contribution >= 4 is 5.97 Å². The lowest BCUT2D eigenvalue weighted by Gasteiger charge is -2.03. The Labute approximate surface area is 87.3 Å². The molecular weight excluding hydrogens is 176 g/mol. The van der Waals surface area contributed by atoms with Crippen LogP contribution in [0, 0.1) is 0 Å². The predicted octanol–water partition coefficient (Wildman–Crippen LogP) is 3.47. The molecule has 0 radical (unpaired) electrons. The lowest BCUT2D eigenvalue weighted by molar-refractivity contribution is -0.139. The number of esters is 1. The van der Waals surface area contributed by atoms with Crippen molar-refractivity contribution in [2.45, 2.75) is 52.9 Å². The molecule has 0 atom stereocenters. The maximum Gasteiger partial charge on any atom is 0.333 e. The Balaban J connectivity index is 3.68. The van der Waals surface area contributed by atoms with E-state index in [1.165, 1.54) is 0 Å². The van der Waals surface area contributed by atoms with Gasteiger partial charge in [-0.15, -0.1) is 0 Å². The number of unbranched alkanes of at least 4 members (excludes halogenated alkanes) is 3. The molecule has 0 aromatic heterocycles. The van der Waals surface area contributed by atoms with Crippen LogP contribution in [0.3, 0.4) is 0 Å². The zero-order chi connectivity index (χ0) is 10.8. The van der Waals surface area contributed by atoms with Crippen LogP contribution in [0.2, 0.25) is 0 Å². The topological polar surface area (TPSA) is 26.3 Å². The van der Waals surface area contributed by atoms with E-state index in [9.17, 15) is 4.79 Å². The molecule has 0 rings (SSSR count). The average Bonchev–Trinajstić information content (AvgIpc) is 2.18. The third-order valence-corrected chi connectivity index (χ3v) is 2.06. The summed E-state index contributed by atoms with van der Waals surface area (Å²) in [5, 5.41) is 0. The van der Waals surface area contributed by atoms with Gasteiger partial charge < -0.3 is 4.74 Å².